The van der Waals surface area contributed by atoms with E-state index in [0.717, 1.165) is 38.9 Å². The van der Waals surface area contributed by atoms with Crippen molar-refractivity contribution in [2.24, 2.45) is 0 Å². The fourth-order valence-corrected chi connectivity index (χ4v) is 5.53. The number of ether oxygens (including phenoxy) is 1. The molecule has 0 saturated heterocycles. The summed E-state index contributed by atoms with van der Waals surface area (Å²) < 4.78 is 5.29. The summed E-state index contributed by atoms with van der Waals surface area (Å²) in [5.74, 6) is 0.851. The van der Waals surface area contributed by atoms with Crippen LogP contribution in [0.4, 0.5) is 0 Å². The van der Waals surface area contributed by atoms with Gasteiger partial charge in [-0.3, -0.25) is 4.90 Å². The zero-order valence-electron chi connectivity index (χ0n) is 15.2. The zero-order valence-corrected chi connectivity index (χ0v) is 16.0. The van der Waals surface area contributed by atoms with E-state index in [9.17, 15) is 5.11 Å². The van der Waals surface area contributed by atoms with Gasteiger partial charge in [0.1, 0.15) is 0 Å². The van der Waals surface area contributed by atoms with E-state index in [-0.39, 0.29) is 5.75 Å². The Hall–Kier alpha value is -1.56. The van der Waals surface area contributed by atoms with Crippen molar-refractivity contribution in [3.05, 3.63) is 44.6 Å². The minimum atomic E-state index is 0.260. The van der Waals surface area contributed by atoms with Crippen LogP contribution in [0.3, 0.4) is 0 Å². The van der Waals surface area contributed by atoms with Crippen LogP contribution in [0.5, 0.6) is 11.5 Å². The van der Waals surface area contributed by atoms with Gasteiger partial charge in [-0.2, -0.15) is 0 Å². The van der Waals surface area contributed by atoms with Crippen molar-refractivity contribution >= 4 is 11.3 Å². The summed E-state index contributed by atoms with van der Waals surface area (Å²) in [7, 11) is 5.87. The highest BCUT2D eigenvalue weighted by Gasteiger charge is 2.31. The third-order valence-corrected chi connectivity index (χ3v) is 6.57. The van der Waals surface area contributed by atoms with E-state index in [1.807, 2.05) is 23.5 Å². The fourth-order valence-electron chi connectivity index (χ4n) is 4.21. The predicted molar refractivity (Wildman–Crippen MR) is 102 cm³/mol. The van der Waals surface area contributed by atoms with Gasteiger partial charge in [0.15, 0.2) is 11.5 Å². The number of thiophene rings is 1. The molecule has 0 amide bonds. The van der Waals surface area contributed by atoms with Crippen LogP contribution in [0.15, 0.2) is 18.2 Å². The standard InChI is InChI=1S/C20H26N2O2S/c1-21(2)12-15-8-14-11-22-7-6-13-9-19(24-3)18(23)10-16(13)17(22)4-5-20(14)25-15/h8-10,17,23H,4-7,11-12H2,1-3H3/t17-/m0/s1. The Balaban J connectivity index is 1.62. The topological polar surface area (TPSA) is 35.9 Å². The van der Waals surface area contributed by atoms with Crippen LogP contribution in [-0.2, 0) is 25.9 Å². The minimum Gasteiger partial charge on any atom is -0.504 e. The van der Waals surface area contributed by atoms with E-state index in [0.29, 0.717) is 11.8 Å². The lowest BCUT2D eigenvalue weighted by Crippen LogP contribution is -2.34. The van der Waals surface area contributed by atoms with Gasteiger partial charge in [-0.1, -0.05) is 0 Å². The Morgan fingerprint density at radius 3 is 2.84 bits per heavy atom. The normalized spacial score (nSPS) is 19.9. The molecule has 0 spiro atoms. The average molecular weight is 359 g/mol. The molecule has 0 aliphatic carbocycles. The van der Waals surface area contributed by atoms with Crippen LogP contribution in [0.1, 0.15) is 38.9 Å². The Bertz CT molecular complexity index is 784. The maximum atomic E-state index is 10.2. The van der Waals surface area contributed by atoms with Crippen molar-refractivity contribution in [3.8, 4) is 11.5 Å². The number of aromatic hydroxyl groups is 1. The first-order valence-corrected chi connectivity index (χ1v) is 9.76. The monoisotopic (exact) mass is 358 g/mol. The van der Waals surface area contributed by atoms with Gasteiger partial charge >= 0.3 is 0 Å². The third-order valence-electron chi connectivity index (χ3n) is 5.35. The molecule has 1 atom stereocenters. The molecule has 4 nitrogen and oxygen atoms in total. The Morgan fingerprint density at radius 1 is 1.24 bits per heavy atom. The van der Waals surface area contributed by atoms with E-state index >= 15 is 0 Å². The number of fused-ring (bicyclic) bond motifs is 4. The maximum absolute atomic E-state index is 10.2. The van der Waals surface area contributed by atoms with Gasteiger partial charge in [-0.25, -0.2) is 0 Å². The molecular weight excluding hydrogens is 332 g/mol. The number of rotatable bonds is 3. The highest BCUT2D eigenvalue weighted by molar-refractivity contribution is 7.12. The first kappa shape index (κ1) is 16.9. The summed E-state index contributed by atoms with van der Waals surface area (Å²) in [5.41, 5.74) is 4.12. The molecule has 2 aliphatic heterocycles. The van der Waals surface area contributed by atoms with E-state index in [1.165, 1.54) is 21.6 Å². The molecule has 134 valence electrons. The van der Waals surface area contributed by atoms with Crippen LogP contribution < -0.4 is 4.74 Å². The van der Waals surface area contributed by atoms with Crippen LogP contribution in [0.2, 0.25) is 0 Å². The van der Waals surface area contributed by atoms with Crippen molar-refractivity contribution in [1.82, 2.24) is 9.80 Å². The molecule has 5 heteroatoms. The molecule has 0 fully saturated rings. The molecule has 2 aromatic rings. The molecule has 1 aromatic carbocycles. The second kappa shape index (κ2) is 6.63. The van der Waals surface area contributed by atoms with Crippen LogP contribution in [0.25, 0.3) is 0 Å². The first-order valence-electron chi connectivity index (χ1n) is 8.94. The van der Waals surface area contributed by atoms with Gasteiger partial charge < -0.3 is 14.7 Å². The number of phenols is 1. The number of benzene rings is 1. The minimum absolute atomic E-state index is 0.260. The molecule has 25 heavy (non-hydrogen) atoms. The number of phenolic OH excluding ortho intramolecular Hbond substituents is 1. The maximum Gasteiger partial charge on any atom is 0.160 e. The van der Waals surface area contributed by atoms with Crippen LogP contribution in [-0.4, -0.2) is 42.7 Å². The van der Waals surface area contributed by atoms with E-state index in [4.69, 9.17) is 4.74 Å². The molecule has 0 radical (unpaired) electrons. The molecule has 2 aliphatic rings. The van der Waals surface area contributed by atoms with Crippen molar-refractivity contribution in [3.63, 3.8) is 0 Å². The first-order chi connectivity index (χ1) is 12.0. The highest BCUT2D eigenvalue weighted by Crippen LogP contribution is 2.42. The van der Waals surface area contributed by atoms with Crippen molar-refractivity contribution in [1.29, 1.82) is 0 Å². The smallest absolute Gasteiger partial charge is 0.160 e. The quantitative estimate of drug-likeness (QED) is 0.910. The summed E-state index contributed by atoms with van der Waals surface area (Å²) in [4.78, 5) is 7.84. The Morgan fingerprint density at radius 2 is 2.08 bits per heavy atom. The molecular formula is C20H26N2O2S. The van der Waals surface area contributed by atoms with Gasteiger partial charge in [-0.15, -0.1) is 11.3 Å². The van der Waals surface area contributed by atoms with E-state index in [2.05, 4.69) is 30.0 Å². The third kappa shape index (κ3) is 3.16. The molecule has 0 saturated carbocycles. The average Bonchev–Trinajstić information content (AvgIpc) is 2.84. The number of nitrogens with zero attached hydrogens (tertiary/aromatic N) is 2. The predicted octanol–water partition coefficient (Wildman–Crippen LogP) is 3.57. The molecule has 3 heterocycles. The van der Waals surface area contributed by atoms with Gasteiger partial charge in [0.05, 0.1) is 7.11 Å². The van der Waals surface area contributed by atoms with Crippen molar-refractivity contribution < 1.29 is 9.84 Å². The summed E-state index contributed by atoms with van der Waals surface area (Å²) in [6.45, 7) is 3.12. The Labute approximate surface area is 153 Å². The zero-order chi connectivity index (χ0) is 17.6. The summed E-state index contributed by atoms with van der Waals surface area (Å²) in [6, 6.07) is 6.76. The fraction of sp³-hybridized carbons (Fsp3) is 0.500. The van der Waals surface area contributed by atoms with Gasteiger partial charge in [0, 0.05) is 35.4 Å². The van der Waals surface area contributed by atoms with Crippen molar-refractivity contribution in [2.75, 3.05) is 27.7 Å². The van der Waals surface area contributed by atoms with Crippen molar-refractivity contribution in [2.45, 2.75) is 38.4 Å². The lowest BCUT2D eigenvalue weighted by atomic mass is 9.90. The molecule has 0 unspecified atom stereocenters. The van der Waals surface area contributed by atoms with Gasteiger partial charge in [0.2, 0.25) is 0 Å². The van der Waals surface area contributed by atoms with Crippen LogP contribution in [0, 0.1) is 0 Å². The number of hydrogen-bond donors (Lipinski definition) is 1. The van der Waals surface area contributed by atoms with E-state index in [1.54, 1.807) is 12.0 Å². The molecule has 1 N–H and O–H groups in total. The molecule has 1 aromatic heterocycles. The van der Waals surface area contributed by atoms with Gasteiger partial charge in [0.25, 0.3) is 0 Å². The van der Waals surface area contributed by atoms with E-state index < -0.39 is 0 Å². The molecule has 4 rings (SSSR count). The second-order valence-electron chi connectivity index (χ2n) is 7.40. The summed E-state index contributed by atoms with van der Waals surface area (Å²) >= 11 is 1.98. The number of methoxy groups -OCH3 is 1. The SMILES string of the molecule is COc1cc2c(cc1O)[C@@H]1CCc3sc(CN(C)C)cc3CN1CC2. The number of aryl methyl sites for hydroxylation is 1. The lowest BCUT2D eigenvalue weighted by Gasteiger charge is -2.36. The van der Waals surface area contributed by atoms with Gasteiger partial charge in [-0.05, 0) is 68.2 Å². The largest absolute Gasteiger partial charge is 0.504 e. The summed E-state index contributed by atoms with van der Waals surface area (Å²) in [5, 5.41) is 10.2. The highest BCUT2D eigenvalue weighted by atomic mass is 32.1. The Kier molecular flexibility index (Phi) is 4.48. The van der Waals surface area contributed by atoms with Crippen LogP contribution >= 0.6 is 11.3 Å². The lowest BCUT2D eigenvalue weighted by molar-refractivity contribution is 0.173. The second-order valence-corrected chi connectivity index (χ2v) is 8.62. The molecule has 0 bridgehead atoms. The number of hydrogen-bond acceptors (Lipinski definition) is 5. The summed E-state index contributed by atoms with van der Waals surface area (Å²) in [6.07, 6.45) is 3.26.